The molecule has 0 aliphatic rings. The summed E-state index contributed by atoms with van der Waals surface area (Å²) in [7, 11) is -3.81. The molecule has 0 amide bonds. The topological polar surface area (TPSA) is 117 Å². The number of rotatable bonds is 32. The summed E-state index contributed by atoms with van der Waals surface area (Å²) in [6.07, 6.45) is 27.3. The normalized spacial score (nSPS) is 11.7. The third-order valence-electron chi connectivity index (χ3n) is 7.20. The first kappa shape index (κ1) is 42.8. The molecule has 0 rings (SSSR count). The molecule has 0 aromatic heterocycles. The molecule has 0 heterocycles. The van der Waals surface area contributed by atoms with Crippen LogP contribution in [0.3, 0.4) is 0 Å². The fourth-order valence-electron chi connectivity index (χ4n) is 4.65. The first-order valence-electron chi connectivity index (χ1n) is 17.1. The first-order chi connectivity index (χ1) is 20.0. The van der Waals surface area contributed by atoms with Gasteiger partial charge in [0.25, 0.3) is 0 Å². The van der Waals surface area contributed by atoms with Crippen molar-refractivity contribution < 1.29 is 32.1 Å². The van der Waals surface area contributed by atoms with Crippen molar-refractivity contribution in [3.63, 3.8) is 0 Å². The monoisotopic (exact) mass is 611 g/mol. The molecule has 0 radical (unpaired) electrons. The van der Waals surface area contributed by atoms with Gasteiger partial charge >= 0.3 is 10.4 Å². The van der Waals surface area contributed by atoms with Crippen LogP contribution in [0.15, 0.2) is 0 Å². The number of hydrogen-bond acceptors (Lipinski definition) is 8. The van der Waals surface area contributed by atoms with Crippen LogP contribution < -0.4 is 0 Å². The van der Waals surface area contributed by atoms with Gasteiger partial charge in [0.1, 0.15) is 0 Å². The van der Waals surface area contributed by atoms with Gasteiger partial charge in [0.15, 0.2) is 0 Å². The van der Waals surface area contributed by atoms with Gasteiger partial charge in [-0.15, -0.1) is 0 Å². The average Bonchev–Trinajstić information content (AvgIpc) is 2.95. The summed E-state index contributed by atoms with van der Waals surface area (Å²) in [5.74, 6) is 0. The molecule has 0 spiro atoms. The Labute approximate surface area is 254 Å². The van der Waals surface area contributed by atoms with Gasteiger partial charge < -0.3 is 15.3 Å². The Morgan fingerprint density at radius 3 is 0.927 bits per heavy atom. The molecule has 8 nitrogen and oxygen atoms in total. The molecule has 0 unspecified atom stereocenters. The molecular formula is C32H69NO7S. The van der Waals surface area contributed by atoms with Crippen molar-refractivity contribution in [2.45, 2.75) is 155 Å². The van der Waals surface area contributed by atoms with Crippen molar-refractivity contribution in [2.24, 2.45) is 0 Å². The van der Waals surface area contributed by atoms with Crippen LogP contribution in [0.5, 0.6) is 0 Å². The Morgan fingerprint density at radius 2 is 0.683 bits per heavy atom. The van der Waals surface area contributed by atoms with Gasteiger partial charge in [-0.1, -0.05) is 142 Å². The van der Waals surface area contributed by atoms with Crippen molar-refractivity contribution in [2.75, 3.05) is 52.7 Å². The van der Waals surface area contributed by atoms with E-state index in [1.807, 2.05) is 0 Å². The van der Waals surface area contributed by atoms with Crippen LogP contribution in [-0.2, 0) is 18.8 Å². The van der Waals surface area contributed by atoms with Gasteiger partial charge in [-0.05, 0) is 12.8 Å². The molecule has 0 aliphatic carbocycles. The van der Waals surface area contributed by atoms with E-state index in [1.165, 1.54) is 109 Å². The fourth-order valence-corrected chi connectivity index (χ4v) is 5.36. The van der Waals surface area contributed by atoms with Crippen molar-refractivity contribution in [3.05, 3.63) is 0 Å². The standard InChI is InChI=1S/C26H54O4S.C6H15NO3/c1-3-5-7-9-11-13-15-16-18-20-22-24-26-30-31(27,28)29-25-23-21-19-17-14-12-10-8-6-4-2;8-4-1-7(2-5-9)3-6-10/h3-26H2,1-2H3;8-10H,1-6H2. The van der Waals surface area contributed by atoms with E-state index in [9.17, 15) is 8.42 Å². The van der Waals surface area contributed by atoms with Crippen molar-refractivity contribution >= 4 is 10.4 Å². The minimum absolute atomic E-state index is 0.0694. The summed E-state index contributed by atoms with van der Waals surface area (Å²) in [5, 5.41) is 25.5. The number of aliphatic hydroxyl groups excluding tert-OH is 3. The molecule has 250 valence electrons. The summed E-state index contributed by atoms with van der Waals surface area (Å²) >= 11 is 0. The smallest absolute Gasteiger partial charge is 0.395 e. The molecule has 9 heteroatoms. The van der Waals surface area contributed by atoms with E-state index >= 15 is 0 Å². The van der Waals surface area contributed by atoms with Gasteiger partial charge in [-0.2, -0.15) is 8.42 Å². The summed E-state index contributed by atoms with van der Waals surface area (Å²) < 4.78 is 33.4. The minimum atomic E-state index is -3.81. The lowest BCUT2D eigenvalue weighted by Gasteiger charge is -2.17. The lowest BCUT2D eigenvalue weighted by atomic mass is 10.1. The molecule has 41 heavy (non-hydrogen) atoms. The predicted molar refractivity (Wildman–Crippen MR) is 171 cm³/mol. The Morgan fingerprint density at radius 1 is 0.439 bits per heavy atom. The van der Waals surface area contributed by atoms with Crippen LogP contribution in [0.2, 0.25) is 0 Å². The molecule has 0 aromatic carbocycles. The zero-order valence-corrected chi connectivity index (χ0v) is 27.9. The second-order valence-electron chi connectivity index (χ2n) is 11.1. The maximum atomic E-state index is 11.7. The highest BCUT2D eigenvalue weighted by Gasteiger charge is 2.11. The van der Waals surface area contributed by atoms with E-state index in [1.54, 1.807) is 4.90 Å². The minimum Gasteiger partial charge on any atom is -0.395 e. The molecule has 0 fully saturated rings. The first-order valence-corrected chi connectivity index (χ1v) is 18.4. The fraction of sp³-hybridized carbons (Fsp3) is 1.00. The molecule has 0 bridgehead atoms. The molecule has 0 saturated heterocycles. The summed E-state index contributed by atoms with van der Waals surface area (Å²) in [6, 6.07) is 0. The van der Waals surface area contributed by atoms with Gasteiger partial charge in [-0.25, -0.2) is 8.37 Å². The molecule has 0 atom stereocenters. The Kier molecular flexibility index (Phi) is 37.5. The molecule has 0 aliphatic heterocycles. The van der Waals surface area contributed by atoms with E-state index in [4.69, 9.17) is 23.7 Å². The van der Waals surface area contributed by atoms with Crippen LogP contribution in [0.25, 0.3) is 0 Å². The van der Waals surface area contributed by atoms with E-state index in [-0.39, 0.29) is 33.0 Å². The molecule has 0 aromatic rings. The third kappa shape index (κ3) is 37.7. The lowest BCUT2D eigenvalue weighted by Crippen LogP contribution is -2.32. The number of nitrogens with zero attached hydrogens (tertiary/aromatic N) is 1. The second kappa shape index (κ2) is 35.9. The van der Waals surface area contributed by atoms with E-state index in [0.717, 1.165) is 32.1 Å². The molecular weight excluding hydrogens is 542 g/mol. The van der Waals surface area contributed by atoms with Crippen LogP contribution >= 0.6 is 0 Å². The van der Waals surface area contributed by atoms with Crippen LogP contribution in [-0.4, -0.2) is 81.3 Å². The van der Waals surface area contributed by atoms with Crippen molar-refractivity contribution in [1.29, 1.82) is 0 Å². The Bertz CT molecular complexity index is 564. The van der Waals surface area contributed by atoms with Crippen LogP contribution in [0.1, 0.15) is 155 Å². The quantitative estimate of drug-likeness (QED) is 0.0687. The lowest BCUT2D eigenvalue weighted by molar-refractivity contribution is 0.136. The van der Waals surface area contributed by atoms with Crippen LogP contribution in [0.4, 0.5) is 0 Å². The largest absolute Gasteiger partial charge is 0.399 e. The van der Waals surface area contributed by atoms with Gasteiger partial charge in [0.05, 0.1) is 33.0 Å². The van der Waals surface area contributed by atoms with Crippen molar-refractivity contribution in [1.82, 2.24) is 4.90 Å². The number of unbranched alkanes of at least 4 members (excludes halogenated alkanes) is 20. The zero-order chi connectivity index (χ0) is 30.7. The maximum Gasteiger partial charge on any atom is 0.399 e. The highest BCUT2D eigenvalue weighted by atomic mass is 32.3. The molecule has 0 saturated carbocycles. The Hall–Kier alpha value is -0.290. The predicted octanol–water partition coefficient (Wildman–Crippen LogP) is 7.15. The van der Waals surface area contributed by atoms with Crippen molar-refractivity contribution in [3.8, 4) is 0 Å². The van der Waals surface area contributed by atoms with Gasteiger partial charge in [0.2, 0.25) is 0 Å². The highest BCUT2D eigenvalue weighted by Crippen LogP contribution is 2.13. The second-order valence-corrected chi connectivity index (χ2v) is 12.4. The zero-order valence-electron chi connectivity index (χ0n) is 27.0. The average molecular weight is 612 g/mol. The SMILES string of the molecule is CCCCCCCCCCCCCCOS(=O)(=O)OCCCCCCCCCCCC.OCCN(CCO)CCO. The summed E-state index contributed by atoms with van der Waals surface area (Å²) in [5.41, 5.74) is 0. The van der Waals surface area contributed by atoms with E-state index in [0.29, 0.717) is 19.6 Å². The van der Waals surface area contributed by atoms with Gasteiger partial charge in [0, 0.05) is 19.6 Å². The summed E-state index contributed by atoms with van der Waals surface area (Å²) in [4.78, 5) is 1.79. The van der Waals surface area contributed by atoms with Gasteiger partial charge in [-0.3, -0.25) is 4.90 Å². The maximum absolute atomic E-state index is 11.7. The summed E-state index contributed by atoms with van der Waals surface area (Å²) in [6.45, 7) is 6.75. The highest BCUT2D eigenvalue weighted by molar-refractivity contribution is 7.81. The Balaban J connectivity index is 0. The third-order valence-corrected chi connectivity index (χ3v) is 8.11. The van der Waals surface area contributed by atoms with Crippen LogP contribution in [0, 0.1) is 0 Å². The number of aliphatic hydroxyl groups is 3. The van der Waals surface area contributed by atoms with E-state index in [2.05, 4.69) is 13.8 Å². The van der Waals surface area contributed by atoms with E-state index < -0.39 is 10.4 Å². The molecule has 3 N–H and O–H groups in total. The number of hydrogen-bond donors (Lipinski definition) is 3.